The quantitative estimate of drug-likeness (QED) is 0.593. The van der Waals surface area contributed by atoms with Crippen LogP contribution in [0.5, 0.6) is 5.75 Å². The number of rotatable bonds is 6. The number of amides is 1. The van der Waals surface area contributed by atoms with Crippen LogP contribution in [0.4, 0.5) is 0 Å². The van der Waals surface area contributed by atoms with E-state index in [1.807, 2.05) is 6.92 Å². The Morgan fingerprint density at radius 3 is 2.94 bits per heavy atom. The normalized spacial score (nSPS) is 9.76. The molecule has 0 fully saturated rings. The average Bonchev–Trinajstić information content (AvgIpc) is 2.35. The summed E-state index contributed by atoms with van der Waals surface area (Å²) >= 11 is 0. The van der Waals surface area contributed by atoms with E-state index in [1.54, 1.807) is 19.2 Å². The molecule has 0 atom stereocenters. The van der Waals surface area contributed by atoms with Crippen LogP contribution in [0, 0.1) is 6.92 Å². The molecular weight excluding hydrogens is 220 g/mol. The van der Waals surface area contributed by atoms with E-state index in [0.29, 0.717) is 37.2 Å². The Kier molecular flexibility index (Phi) is 5.13. The van der Waals surface area contributed by atoms with Crippen molar-refractivity contribution >= 4 is 12.2 Å². The Morgan fingerprint density at radius 1 is 1.53 bits per heavy atom. The minimum absolute atomic E-state index is 0.0220. The molecule has 0 radical (unpaired) electrons. The summed E-state index contributed by atoms with van der Waals surface area (Å²) < 4.78 is 5.40. The first-order valence-corrected chi connectivity index (χ1v) is 5.43. The zero-order chi connectivity index (χ0) is 12.7. The molecule has 17 heavy (non-hydrogen) atoms. The molecule has 1 amide bonds. The third-order valence-corrected chi connectivity index (χ3v) is 2.22. The number of pyridine rings is 1. The van der Waals surface area contributed by atoms with Crippen molar-refractivity contribution < 1.29 is 14.3 Å². The van der Waals surface area contributed by atoms with Crippen LogP contribution in [0.15, 0.2) is 12.1 Å². The predicted molar refractivity (Wildman–Crippen MR) is 63.2 cm³/mol. The molecule has 92 valence electrons. The number of carbonyl (C=O) groups is 2. The number of aryl methyl sites for hydroxylation is 1. The van der Waals surface area contributed by atoms with Crippen molar-refractivity contribution in [3.05, 3.63) is 23.5 Å². The Hall–Kier alpha value is -1.91. The van der Waals surface area contributed by atoms with Crippen LogP contribution in [-0.4, -0.2) is 30.8 Å². The van der Waals surface area contributed by atoms with Gasteiger partial charge in [-0.2, -0.15) is 0 Å². The summed E-state index contributed by atoms with van der Waals surface area (Å²) in [5.41, 5.74) is 1.06. The lowest BCUT2D eigenvalue weighted by atomic mass is 10.3. The molecule has 1 rings (SSSR count). The molecule has 1 aromatic heterocycles. The number of hydrogen-bond acceptors (Lipinski definition) is 4. The molecular formula is C12H16N2O3. The van der Waals surface area contributed by atoms with E-state index in [9.17, 15) is 9.59 Å². The standard InChI is InChI=1S/C12H16N2O3/c1-9-5-6-11(10(8-15)14-9)17-7-3-4-12(16)13-2/h5-6,8H,3-4,7H2,1-2H3,(H,13,16). The number of nitrogens with one attached hydrogen (secondary N) is 1. The van der Waals surface area contributed by atoms with Gasteiger partial charge < -0.3 is 10.1 Å². The summed E-state index contributed by atoms with van der Waals surface area (Å²) in [4.78, 5) is 25.8. The van der Waals surface area contributed by atoms with Gasteiger partial charge in [-0.3, -0.25) is 9.59 Å². The van der Waals surface area contributed by atoms with E-state index in [0.717, 1.165) is 5.69 Å². The number of hydrogen-bond donors (Lipinski definition) is 1. The van der Waals surface area contributed by atoms with Crippen molar-refractivity contribution in [3.8, 4) is 5.75 Å². The van der Waals surface area contributed by atoms with Crippen LogP contribution < -0.4 is 10.1 Å². The van der Waals surface area contributed by atoms with Gasteiger partial charge in [0, 0.05) is 19.2 Å². The van der Waals surface area contributed by atoms with Crippen LogP contribution >= 0.6 is 0 Å². The summed E-state index contributed by atoms with van der Waals surface area (Å²) in [5, 5.41) is 2.53. The fourth-order valence-electron chi connectivity index (χ4n) is 1.31. The van der Waals surface area contributed by atoms with E-state index in [4.69, 9.17) is 4.74 Å². The molecule has 0 aliphatic heterocycles. The summed E-state index contributed by atoms with van der Waals surface area (Å²) in [6.07, 6.45) is 1.68. The van der Waals surface area contributed by atoms with Gasteiger partial charge in [0.25, 0.3) is 0 Å². The summed E-state index contributed by atoms with van der Waals surface area (Å²) in [6, 6.07) is 3.49. The molecule has 0 aliphatic carbocycles. The van der Waals surface area contributed by atoms with Gasteiger partial charge >= 0.3 is 0 Å². The fourth-order valence-corrected chi connectivity index (χ4v) is 1.31. The molecule has 0 aliphatic rings. The lowest BCUT2D eigenvalue weighted by molar-refractivity contribution is -0.120. The largest absolute Gasteiger partial charge is 0.491 e. The highest BCUT2D eigenvalue weighted by Gasteiger charge is 2.05. The van der Waals surface area contributed by atoms with Crippen LogP contribution in [0.25, 0.3) is 0 Å². The minimum Gasteiger partial charge on any atom is -0.491 e. The van der Waals surface area contributed by atoms with E-state index in [-0.39, 0.29) is 5.91 Å². The Morgan fingerprint density at radius 2 is 2.29 bits per heavy atom. The fraction of sp³-hybridized carbons (Fsp3) is 0.417. The molecule has 0 unspecified atom stereocenters. The maximum atomic E-state index is 11.0. The lowest BCUT2D eigenvalue weighted by Crippen LogP contribution is -2.18. The number of carbonyl (C=O) groups excluding carboxylic acids is 2. The molecule has 0 saturated carbocycles. The smallest absolute Gasteiger partial charge is 0.219 e. The lowest BCUT2D eigenvalue weighted by Gasteiger charge is -2.07. The SMILES string of the molecule is CNC(=O)CCCOc1ccc(C)nc1C=O. The second kappa shape index (κ2) is 6.62. The van der Waals surface area contributed by atoms with Crippen LogP contribution in [0.2, 0.25) is 0 Å². The van der Waals surface area contributed by atoms with Crippen LogP contribution in [0.1, 0.15) is 29.0 Å². The molecule has 1 heterocycles. The highest BCUT2D eigenvalue weighted by atomic mass is 16.5. The Labute approximate surface area is 100 Å². The van der Waals surface area contributed by atoms with Gasteiger partial charge in [-0.05, 0) is 25.5 Å². The Balaban J connectivity index is 2.46. The van der Waals surface area contributed by atoms with Gasteiger partial charge in [0.2, 0.25) is 5.91 Å². The number of aromatic nitrogens is 1. The third kappa shape index (κ3) is 4.22. The molecule has 1 aromatic rings. The van der Waals surface area contributed by atoms with Crippen molar-refractivity contribution in [1.29, 1.82) is 0 Å². The first kappa shape index (κ1) is 13.2. The number of aldehydes is 1. The van der Waals surface area contributed by atoms with Gasteiger partial charge in [0.1, 0.15) is 11.4 Å². The molecule has 1 N–H and O–H groups in total. The summed E-state index contributed by atoms with van der Waals surface area (Å²) in [5.74, 6) is 0.439. The van der Waals surface area contributed by atoms with Gasteiger partial charge in [-0.25, -0.2) is 4.98 Å². The van der Waals surface area contributed by atoms with Gasteiger partial charge in [-0.1, -0.05) is 0 Å². The maximum absolute atomic E-state index is 11.0. The first-order valence-electron chi connectivity index (χ1n) is 5.43. The van der Waals surface area contributed by atoms with Gasteiger partial charge in [0.15, 0.2) is 6.29 Å². The number of nitrogens with zero attached hydrogens (tertiary/aromatic N) is 1. The second-order valence-corrected chi connectivity index (χ2v) is 3.58. The monoisotopic (exact) mass is 236 g/mol. The Bertz CT molecular complexity index is 405. The van der Waals surface area contributed by atoms with E-state index >= 15 is 0 Å². The van der Waals surface area contributed by atoms with E-state index in [1.165, 1.54) is 0 Å². The molecule has 0 bridgehead atoms. The van der Waals surface area contributed by atoms with Gasteiger partial charge in [0.05, 0.1) is 6.61 Å². The van der Waals surface area contributed by atoms with E-state index < -0.39 is 0 Å². The van der Waals surface area contributed by atoms with Crippen LogP contribution in [-0.2, 0) is 4.79 Å². The van der Waals surface area contributed by atoms with Crippen LogP contribution in [0.3, 0.4) is 0 Å². The first-order chi connectivity index (χ1) is 8.17. The molecule has 0 spiro atoms. The zero-order valence-corrected chi connectivity index (χ0v) is 10.0. The summed E-state index contributed by atoms with van der Waals surface area (Å²) in [7, 11) is 1.59. The highest BCUT2D eigenvalue weighted by Crippen LogP contribution is 2.15. The van der Waals surface area contributed by atoms with Crippen molar-refractivity contribution in [1.82, 2.24) is 10.3 Å². The molecule has 0 saturated heterocycles. The highest BCUT2D eigenvalue weighted by molar-refractivity contribution is 5.76. The maximum Gasteiger partial charge on any atom is 0.219 e. The minimum atomic E-state index is -0.0220. The van der Waals surface area contributed by atoms with Gasteiger partial charge in [-0.15, -0.1) is 0 Å². The molecule has 5 heteroatoms. The molecule has 0 aromatic carbocycles. The molecule has 5 nitrogen and oxygen atoms in total. The summed E-state index contributed by atoms with van der Waals surface area (Å²) in [6.45, 7) is 2.20. The van der Waals surface area contributed by atoms with Crippen molar-refractivity contribution in [2.24, 2.45) is 0 Å². The third-order valence-electron chi connectivity index (χ3n) is 2.22. The van der Waals surface area contributed by atoms with Crippen molar-refractivity contribution in [2.45, 2.75) is 19.8 Å². The van der Waals surface area contributed by atoms with E-state index in [2.05, 4.69) is 10.3 Å². The zero-order valence-electron chi connectivity index (χ0n) is 10.0. The topological polar surface area (TPSA) is 68.3 Å². The second-order valence-electron chi connectivity index (χ2n) is 3.58. The average molecular weight is 236 g/mol. The predicted octanol–water partition coefficient (Wildman–Crippen LogP) is 1.11. The number of ether oxygens (including phenoxy) is 1. The van der Waals surface area contributed by atoms with Crippen molar-refractivity contribution in [2.75, 3.05) is 13.7 Å². The van der Waals surface area contributed by atoms with Crippen molar-refractivity contribution in [3.63, 3.8) is 0 Å².